The minimum Gasteiger partial charge on any atom is -0.467 e. The smallest absolute Gasteiger partial charge is 0.355 e. The fourth-order valence-electron chi connectivity index (χ4n) is 4.23. The van der Waals surface area contributed by atoms with E-state index in [1.807, 2.05) is 0 Å². The number of rotatable bonds is 7. The molecular formula is C28H24N4O6. The number of carbonyl (C=O) groups excluding carboxylic acids is 3. The molecule has 0 saturated heterocycles. The van der Waals surface area contributed by atoms with Gasteiger partial charge < -0.3 is 24.9 Å². The van der Waals surface area contributed by atoms with Crippen LogP contribution in [0.15, 0.2) is 100 Å². The lowest BCUT2D eigenvalue weighted by molar-refractivity contribution is -0.139. The molecule has 2 aromatic carbocycles. The number of nitrogens with one attached hydrogen (secondary N) is 1. The minimum absolute atomic E-state index is 0.0459. The quantitative estimate of drug-likeness (QED) is 0.456. The first-order valence-electron chi connectivity index (χ1n) is 11.5. The first-order valence-corrected chi connectivity index (χ1v) is 11.5. The van der Waals surface area contributed by atoms with Crippen molar-refractivity contribution in [1.82, 2.24) is 5.32 Å². The van der Waals surface area contributed by atoms with Gasteiger partial charge in [-0.05, 0) is 42.0 Å². The van der Waals surface area contributed by atoms with Gasteiger partial charge in [0.1, 0.15) is 17.3 Å². The molecule has 1 unspecified atom stereocenters. The highest BCUT2D eigenvalue weighted by molar-refractivity contribution is 6.06. The molecule has 1 amide bonds. The van der Waals surface area contributed by atoms with Crippen molar-refractivity contribution < 1.29 is 28.3 Å². The number of allylic oxidation sites excluding steroid dienone is 1. The van der Waals surface area contributed by atoms with Crippen molar-refractivity contribution in [3.63, 3.8) is 0 Å². The third kappa shape index (κ3) is 4.85. The summed E-state index contributed by atoms with van der Waals surface area (Å²) in [7, 11) is 2.35. The maximum Gasteiger partial charge on any atom is 0.355 e. The van der Waals surface area contributed by atoms with Crippen LogP contribution in [-0.4, -0.2) is 32.1 Å². The Hall–Kier alpha value is -5.30. The second-order valence-electron chi connectivity index (χ2n) is 8.14. The zero-order chi connectivity index (χ0) is 27.2. The van der Waals surface area contributed by atoms with Crippen LogP contribution < -0.4 is 16.0 Å². The number of amides is 1. The van der Waals surface area contributed by atoms with Crippen LogP contribution in [0.25, 0.3) is 0 Å². The number of carbonyl (C=O) groups is 3. The number of anilines is 1. The second-order valence-corrected chi connectivity index (χ2v) is 8.14. The van der Waals surface area contributed by atoms with Crippen LogP contribution in [0.5, 0.6) is 0 Å². The summed E-state index contributed by atoms with van der Waals surface area (Å²) >= 11 is 0. The van der Waals surface area contributed by atoms with Crippen molar-refractivity contribution in [2.24, 2.45) is 5.73 Å². The van der Waals surface area contributed by atoms with E-state index in [4.69, 9.17) is 19.6 Å². The third-order valence-electron chi connectivity index (χ3n) is 6.00. The maximum absolute atomic E-state index is 13.1. The lowest BCUT2D eigenvalue weighted by Crippen LogP contribution is -2.40. The predicted octanol–water partition coefficient (Wildman–Crippen LogP) is 3.11. The molecule has 1 aromatic heterocycles. The molecule has 0 bridgehead atoms. The predicted molar refractivity (Wildman–Crippen MR) is 136 cm³/mol. The van der Waals surface area contributed by atoms with Crippen molar-refractivity contribution >= 4 is 23.5 Å². The Labute approximate surface area is 218 Å². The number of methoxy groups -OCH3 is 2. The van der Waals surface area contributed by atoms with Gasteiger partial charge in [-0.1, -0.05) is 30.3 Å². The summed E-state index contributed by atoms with van der Waals surface area (Å²) in [6.07, 6.45) is 1.51. The molecule has 10 heteroatoms. The number of benzene rings is 2. The number of hydrogen-bond acceptors (Lipinski definition) is 9. The Morgan fingerprint density at radius 1 is 1.00 bits per heavy atom. The van der Waals surface area contributed by atoms with E-state index in [2.05, 4.69) is 11.4 Å². The zero-order valence-electron chi connectivity index (χ0n) is 20.6. The molecule has 3 aromatic rings. The summed E-state index contributed by atoms with van der Waals surface area (Å²) in [4.78, 5) is 40.1. The van der Waals surface area contributed by atoms with Crippen LogP contribution in [0.4, 0.5) is 5.69 Å². The van der Waals surface area contributed by atoms with Gasteiger partial charge in [0.25, 0.3) is 5.91 Å². The van der Waals surface area contributed by atoms with E-state index in [0.717, 1.165) is 0 Å². The number of nitriles is 1. The maximum atomic E-state index is 13.1. The molecule has 10 nitrogen and oxygen atoms in total. The fraction of sp³-hybridized carbons (Fsp3) is 0.143. The van der Waals surface area contributed by atoms with Gasteiger partial charge >= 0.3 is 11.9 Å². The number of nitrogens with zero attached hydrogens (tertiary/aromatic N) is 2. The van der Waals surface area contributed by atoms with Crippen LogP contribution in [-0.2, 0) is 25.6 Å². The second kappa shape index (κ2) is 11.2. The van der Waals surface area contributed by atoms with Gasteiger partial charge in [-0.3, -0.25) is 9.69 Å². The summed E-state index contributed by atoms with van der Waals surface area (Å²) in [5.41, 5.74) is 7.45. The molecule has 0 fully saturated rings. The summed E-state index contributed by atoms with van der Waals surface area (Å²) in [5.74, 6) is -2.46. The Morgan fingerprint density at radius 2 is 1.68 bits per heavy atom. The van der Waals surface area contributed by atoms with Gasteiger partial charge in [0, 0.05) is 11.3 Å². The Bertz CT molecular complexity index is 1450. The van der Waals surface area contributed by atoms with Gasteiger partial charge in [-0.15, -0.1) is 0 Å². The van der Waals surface area contributed by atoms with E-state index in [-0.39, 0.29) is 35.1 Å². The topological polar surface area (TPSA) is 148 Å². The van der Waals surface area contributed by atoms with Crippen LogP contribution >= 0.6 is 0 Å². The molecule has 1 atom stereocenters. The Kier molecular flexibility index (Phi) is 7.58. The normalized spacial score (nSPS) is 15.1. The molecule has 38 heavy (non-hydrogen) atoms. The van der Waals surface area contributed by atoms with E-state index in [9.17, 15) is 19.6 Å². The average molecular weight is 513 g/mol. The Morgan fingerprint density at radius 3 is 2.26 bits per heavy atom. The zero-order valence-corrected chi connectivity index (χ0v) is 20.6. The molecule has 0 saturated carbocycles. The molecular weight excluding hydrogens is 488 g/mol. The summed E-state index contributed by atoms with van der Waals surface area (Å²) < 4.78 is 15.3. The van der Waals surface area contributed by atoms with Crippen LogP contribution in [0.1, 0.15) is 27.6 Å². The standard InChI is InChI=1S/C28H24N4O6/c1-36-27(34)23-22(17-7-4-3-5-8-17)21(15-29)25(30)32(24(23)28(35)37-2)19-12-10-18(11-13-19)26(33)31-16-20-9-6-14-38-20/h3-14,22H,16,30H2,1-2H3,(H,31,33). The average Bonchev–Trinajstić information content (AvgIpc) is 3.48. The summed E-state index contributed by atoms with van der Waals surface area (Å²) in [6, 6.07) is 20.4. The minimum atomic E-state index is -0.967. The molecule has 192 valence electrons. The Balaban J connectivity index is 1.80. The van der Waals surface area contributed by atoms with Gasteiger partial charge in [0.2, 0.25) is 0 Å². The first kappa shape index (κ1) is 25.8. The SMILES string of the molecule is COC(=O)C1=C(C(=O)OC)N(c2ccc(C(=O)NCc3ccco3)cc2)C(N)=C(C#N)C1c1ccccc1. The molecule has 0 radical (unpaired) electrons. The monoisotopic (exact) mass is 512 g/mol. The number of esters is 2. The molecule has 0 spiro atoms. The largest absolute Gasteiger partial charge is 0.467 e. The van der Waals surface area contributed by atoms with Crippen molar-refractivity contribution in [1.29, 1.82) is 5.26 Å². The van der Waals surface area contributed by atoms with Crippen LogP contribution in [0, 0.1) is 11.3 Å². The molecule has 3 N–H and O–H groups in total. The summed E-state index contributed by atoms with van der Waals surface area (Å²) in [5, 5.41) is 12.8. The number of hydrogen-bond donors (Lipinski definition) is 2. The van der Waals surface area contributed by atoms with Crippen molar-refractivity contribution in [2.75, 3.05) is 19.1 Å². The third-order valence-corrected chi connectivity index (χ3v) is 6.00. The molecule has 1 aliphatic rings. The van der Waals surface area contributed by atoms with E-state index in [1.165, 1.54) is 37.5 Å². The molecule has 2 heterocycles. The number of furan rings is 1. The van der Waals surface area contributed by atoms with Gasteiger partial charge in [0.05, 0.1) is 50.2 Å². The molecule has 1 aliphatic heterocycles. The van der Waals surface area contributed by atoms with E-state index < -0.39 is 17.9 Å². The lowest BCUT2D eigenvalue weighted by Gasteiger charge is -2.35. The van der Waals surface area contributed by atoms with Gasteiger partial charge in [-0.25, -0.2) is 9.59 Å². The fourth-order valence-corrected chi connectivity index (χ4v) is 4.23. The van der Waals surface area contributed by atoms with E-state index in [0.29, 0.717) is 22.6 Å². The number of ether oxygens (including phenoxy) is 2. The molecule has 4 rings (SSSR count). The van der Waals surface area contributed by atoms with Gasteiger partial charge in [-0.2, -0.15) is 5.26 Å². The van der Waals surface area contributed by atoms with Crippen LogP contribution in [0.2, 0.25) is 0 Å². The first-order chi connectivity index (χ1) is 18.4. The highest BCUT2D eigenvalue weighted by atomic mass is 16.5. The van der Waals surface area contributed by atoms with E-state index >= 15 is 0 Å². The highest BCUT2D eigenvalue weighted by Crippen LogP contribution is 2.43. The summed E-state index contributed by atoms with van der Waals surface area (Å²) in [6.45, 7) is 0.208. The van der Waals surface area contributed by atoms with Crippen molar-refractivity contribution in [3.05, 3.63) is 113 Å². The lowest BCUT2D eigenvalue weighted by atomic mass is 9.81. The van der Waals surface area contributed by atoms with Gasteiger partial charge in [0.15, 0.2) is 0 Å². The molecule has 0 aliphatic carbocycles. The highest BCUT2D eigenvalue weighted by Gasteiger charge is 2.42. The van der Waals surface area contributed by atoms with Crippen molar-refractivity contribution in [2.45, 2.75) is 12.5 Å². The number of nitrogens with two attached hydrogens (primary N) is 1. The van der Waals surface area contributed by atoms with Crippen LogP contribution in [0.3, 0.4) is 0 Å². The van der Waals surface area contributed by atoms with Crippen molar-refractivity contribution in [3.8, 4) is 6.07 Å². The van der Waals surface area contributed by atoms with E-state index in [1.54, 1.807) is 54.6 Å².